The molecule has 0 unspecified atom stereocenters. The second-order valence-electron chi connectivity index (χ2n) is 5.69. The predicted molar refractivity (Wildman–Crippen MR) is 99.7 cm³/mol. The SMILES string of the molecule is CCCCNc1nc(-c2cc(C#N)c(=O)[nH]c2CCC)c(CC)s1. The fourth-order valence-electron chi connectivity index (χ4n) is 2.56. The Morgan fingerprint density at radius 3 is 2.75 bits per heavy atom. The third-order valence-corrected chi connectivity index (χ3v) is 4.98. The van der Waals surface area contributed by atoms with Crippen molar-refractivity contribution in [2.45, 2.75) is 52.9 Å². The topological polar surface area (TPSA) is 81.6 Å². The number of hydrogen-bond acceptors (Lipinski definition) is 5. The number of unbranched alkanes of at least 4 members (excludes halogenated alkanes) is 1. The number of aromatic nitrogens is 2. The van der Waals surface area contributed by atoms with Crippen LogP contribution in [0.1, 0.15) is 56.2 Å². The first-order valence-electron chi connectivity index (χ1n) is 8.54. The van der Waals surface area contributed by atoms with Crippen LogP contribution in [-0.4, -0.2) is 16.5 Å². The first-order chi connectivity index (χ1) is 11.6. The summed E-state index contributed by atoms with van der Waals surface area (Å²) in [5.74, 6) is 0. The van der Waals surface area contributed by atoms with Crippen LogP contribution in [0.3, 0.4) is 0 Å². The lowest BCUT2D eigenvalue weighted by Gasteiger charge is -2.08. The van der Waals surface area contributed by atoms with E-state index in [9.17, 15) is 10.1 Å². The van der Waals surface area contributed by atoms with Crippen molar-refractivity contribution in [1.29, 1.82) is 5.26 Å². The Morgan fingerprint density at radius 2 is 2.12 bits per heavy atom. The van der Waals surface area contributed by atoms with E-state index in [0.29, 0.717) is 0 Å². The molecule has 5 nitrogen and oxygen atoms in total. The zero-order valence-corrected chi connectivity index (χ0v) is 15.3. The van der Waals surface area contributed by atoms with Gasteiger partial charge < -0.3 is 10.3 Å². The van der Waals surface area contributed by atoms with Crippen LogP contribution in [0.25, 0.3) is 11.3 Å². The van der Waals surface area contributed by atoms with Gasteiger partial charge in [-0.1, -0.05) is 33.6 Å². The van der Waals surface area contributed by atoms with E-state index in [0.717, 1.165) is 60.7 Å². The minimum Gasteiger partial charge on any atom is -0.361 e. The van der Waals surface area contributed by atoms with Gasteiger partial charge in [-0.25, -0.2) is 4.98 Å². The number of anilines is 1. The van der Waals surface area contributed by atoms with Crippen molar-refractivity contribution in [3.05, 3.63) is 32.6 Å². The third-order valence-electron chi connectivity index (χ3n) is 3.82. The molecule has 6 heteroatoms. The van der Waals surface area contributed by atoms with Gasteiger partial charge in [0.15, 0.2) is 5.13 Å². The Balaban J connectivity index is 2.49. The van der Waals surface area contributed by atoms with E-state index in [4.69, 9.17) is 4.98 Å². The Hall–Kier alpha value is -2.13. The highest BCUT2D eigenvalue weighted by atomic mass is 32.1. The Bertz CT molecular complexity index is 785. The molecule has 0 atom stereocenters. The predicted octanol–water partition coefficient (Wildman–Crippen LogP) is 4.10. The van der Waals surface area contributed by atoms with E-state index in [1.54, 1.807) is 17.4 Å². The lowest BCUT2D eigenvalue weighted by atomic mass is 10.0. The highest BCUT2D eigenvalue weighted by Gasteiger charge is 2.17. The number of H-pyrrole nitrogens is 1. The Kier molecular flexibility index (Phi) is 6.56. The van der Waals surface area contributed by atoms with E-state index in [1.807, 2.05) is 6.07 Å². The van der Waals surface area contributed by atoms with Gasteiger partial charge in [0.25, 0.3) is 5.56 Å². The van der Waals surface area contributed by atoms with Crippen LogP contribution in [0.2, 0.25) is 0 Å². The van der Waals surface area contributed by atoms with Crippen molar-refractivity contribution in [3.63, 3.8) is 0 Å². The number of pyridine rings is 1. The quantitative estimate of drug-likeness (QED) is 0.707. The van der Waals surface area contributed by atoms with Crippen molar-refractivity contribution >= 4 is 16.5 Å². The summed E-state index contributed by atoms with van der Waals surface area (Å²) in [7, 11) is 0. The molecule has 24 heavy (non-hydrogen) atoms. The fraction of sp³-hybridized carbons (Fsp3) is 0.500. The van der Waals surface area contributed by atoms with Crippen LogP contribution in [-0.2, 0) is 12.8 Å². The smallest absolute Gasteiger partial charge is 0.266 e. The minimum atomic E-state index is -0.320. The molecule has 0 aliphatic heterocycles. The molecule has 2 rings (SSSR count). The molecule has 0 fully saturated rings. The van der Waals surface area contributed by atoms with Crippen LogP contribution in [0.15, 0.2) is 10.9 Å². The summed E-state index contributed by atoms with van der Waals surface area (Å²) >= 11 is 1.65. The standard InChI is InChI=1S/C18H24N4OS/c1-4-7-9-20-18-22-16(15(6-3)24-18)13-10-12(11-19)17(23)21-14(13)8-5-2/h10H,4-9H2,1-3H3,(H,20,22)(H,21,23). The largest absolute Gasteiger partial charge is 0.361 e. The molecule has 0 aromatic carbocycles. The molecular weight excluding hydrogens is 320 g/mol. The van der Waals surface area contributed by atoms with Gasteiger partial charge in [0, 0.05) is 22.7 Å². The highest BCUT2D eigenvalue weighted by molar-refractivity contribution is 7.16. The average molecular weight is 344 g/mol. The van der Waals surface area contributed by atoms with Gasteiger partial charge in [-0.3, -0.25) is 4.79 Å². The Morgan fingerprint density at radius 1 is 1.33 bits per heavy atom. The van der Waals surface area contributed by atoms with Crippen molar-refractivity contribution in [1.82, 2.24) is 9.97 Å². The number of nitriles is 1. The van der Waals surface area contributed by atoms with Crippen LogP contribution in [0, 0.1) is 11.3 Å². The monoisotopic (exact) mass is 344 g/mol. The molecule has 128 valence electrons. The molecule has 2 aromatic heterocycles. The molecule has 0 saturated heterocycles. The van der Waals surface area contributed by atoms with Crippen LogP contribution < -0.4 is 10.9 Å². The summed E-state index contributed by atoms with van der Waals surface area (Å²) in [5.41, 5.74) is 2.45. The molecule has 0 aliphatic carbocycles. The maximum Gasteiger partial charge on any atom is 0.266 e. The molecule has 0 amide bonds. The van der Waals surface area contributed by atoms with Crippen LogP contribution >= 0.6 is 11.3 Å². The molecule has 0 aliphatic rings. The zero-order chi connectivity index (χ0) is 17.5. The lowest BCUT2D eigenvalue weighted by Crippen LogP contribution is -2.14. The summed E-state index contributed by atoms with van der Waals surface area (Å²) in [5, 5.41) is 13.5. The molecule has 2 heterocycles. The van der Waals surface area contributed by atoms with Crippen molar-refractivity contribution < 1.29 is 0 Å². The summed E-state index contributed by atoms with van der Waals surface area (Å²) < 4.78 is 0. The number of aromatic amines is 1. The number of nitrogens with one attached hydrogen (secondary N) is 2. The van der Waals surface area contributed by atoms with Crippen molar-refractivity contribution in [2.24, 2.45) is 0 Å². The molecule has 0 bridgehead atoms. The summed E-state index contributed by atoms with van der Waals surface area (Å²) in [6, 6.07) is 3.67. The first kappa shape index (κ1) is 18.2. The van der Waals surface area contributed by atoms with E-state index >= 15 is 0 Å². The molecule has 2 aromatic rings. The van der Waals surface area contributed by atoms with E-state index in [1.165, 1.54) is 4.88 Å². The van der Waals surface area contributed by atoms with Gasteiger partial charge in [-0.05, 0) is 25.3 Å². The lowest BCUT2D eigenvalue weighted by molar-refractivity contribution is 0.833. The highest BCUT2D eigenvalue weighted by Crippen LogP contribution is 2.33. The summed E-state index contributed by atoms with van der Waals surface area (Å²) in [6.07, 6.45) is 4.79. The van der Waals surface area contributed by atoms with E-state index in [2.05, 4.69) is 31.1 Å². The molecule has 0 spiro atoms. The summed E-state index contributed by atoms with van der Waals surface area (Å²) in [6.45, 7) is 7.24. The van der Waals surface area contributed by atoms with Gasteiger partial charge in [-0.15, -0.1) is 11.3 Å². The molecule has 0 radical (unpaired) electrons. The molecular formula is C18H24N4OS. The Labute approximate surface area is 146 Å². The number of aryl methyl sites for hydroxylation is 2. The maximum atomic E-state index is 12.0. The van der Waals surface area contributed by atoms with Gasteiger partial charge in [0.1, 0.15) is 11.6 Å². The van der Waals surface area contributed by atoms with Crippen LogP contribution in [0.4, 0.5) is 5.13 Å². The van der Waals surface area contributed by atoms with Gasteiger partial charge in [0.2, 0.25) is 0 Å². The van der Waals surface area contributed by atoms with Gasteiger partial charge in [-0.2, -0.15) is 5.26 Å². The van der Waals surface area contributed by atoms with Crippen molar-refractivity contribution in [2.75, 3.05) is 11.9 Å². The van der Waals surface area contributed by atoms with Crippen molar-refractivity contribution in [3.8, 4) is 17.3 Å². The maximum absolute atomic E-state index is 12.0. The molecule has 2 N–H and O–H groups in total. The number of rotatable bonds is 8. The van der Waals surface area contributed by atoms with E-state index < -0.39 is 0 Å². The fourth-order valence-corrected chi connectivity index (χ4v) is 3.50. The minimum absolute atomic E-state index is 0.139. The van der Waals surface area contributed by atoms with Crippen LogP contribution in [0.5, 0.6) is 0 Å². The number of thiazole rings is 1. The third kappa shape index (κ3) is 4.04. The number of nitrogens with zero attached hydrogens (tertiary/aromatic N) is 2. The van der Waals surface area contributed by atoms with Gasteiger partial charge >= 0.3 is 0 Å². The zero-order valence-electron chi connectivity index (χ0n) is 14.5. The molecule has 0 saturated carbocycles. The number of hydrogen-bond donors (Lipinski definition) is 2. The van der Waals surface area contributed by atoms with Gasteiger partial charge in [0.05, 0.1) is 5.69 Å². The average Bonchev–Trinajstić information content (AvgIpc) is 2.99. The normalized spacial score (nSPS) is 10.6. The van der Waals surface area contributed by atoms with E-state index in [-0.39, 0.29) is 11.1 Å². The second kappa shape index (κ2) is 8.65. The first-order valence-corrected chi connectivity index (χ1v) is 9.36. The second-order valence-corrected chi connectivity index (χ2v) is 6.77. The summed E-state index contributed by atoms with van der Waals surface area (Å²) in [4.78, 5) is 20.7.